The van der Waals surface area contributed by atoms with Crippen LogP contribution in [0.25, 0.3) is 70.7 Å². The van der Waals surface area contributed by atoms with Gasteiger partial charge in [-0.15, -0.1) is 53.6 Å². The maximum atomic E-state index is 8.89. The van der Waals surface area contributed by atoms with E-state index in [1.807, 2.05) is 50.4 Å². The summed E-state index contributed by atoms with van der Waals surface area (Å²) in [7, 11) is -1.74. The number of nitrogens with zero attached hydrogens (tertiary/aromatic N) is 3. The van der Waals surface area contributed by atoms with E-state index in [-0.39, 0.29) is 25.5 Å². The predicted octanol–water partition coefficient (Wildman–Crippen LogP) is 17.1. The van der Waals surface area contributed by atoms with Crippen molar-refractivity contribution in [3.63, 3.8) is 0 Å². The molecule has 0 N–H and O–H groups in total. The number of thiophene rings is 1. The number of hydrogen-bond donors (Lipinski definition) is 0. The van der Waals surface area contributed by atoms with Gasteiger partial charge in [0.05, 0.1) is 24.9 Å². The van der Waals surface area contributed by atoms with E-state index in [9.17, 15) is 0 Å². The summed E-state index contributed by atoms with van der Waals surface area (Å²) >= 11 is 1.85. The van der Waals surface area contributed by atoms with Crippen LogP contribution in [-0.4, -0.2) is 22.6 Å². The van der Waals surface area contributed by atoms with Gasteiger partial charge in [0.15, 0.2) is 0 Å². The van der Waals surface area contributed by atoms with Gasteiger partial charge in [0.1, 0.15) is 0 Å². The van der Waals surface area contributed by atoms with Crippen molar-refractivity contribution < 1.29 is 22.8 Å². The van der Waals surface area contributed by atoms with Crippen molar-refractivity contribution in [1.29, 1.82) is 0 Å². The van der Waals surface area contributed by atoms with Crippen LogP contribution in [0.5, 0.6) is 0 Å². The first-order valence-corrected chi connectivity index (χ1v) is 27.9. The summed E-state index contributed by atoms with van der Waals surface area (Å²) in [4.78, 5) is 10.0. The van der Waals surface area contributed by atoms with Crippen molar-refractivity contribution >= 4 is 55.8 Å². The summed E-state index contributed by atoms with van der Waals surface area (Å²) in [6.07, 6.45) is 0.472. The van der Waals surface area contributed by atoms with Gasteiger partial charge in [0.2, 0.25) is 0 Å². The van der Waals surface area contributed by atoms with Gasteiger partial charge in [-0.3, -0.25) is 4.98 Å². The van der Waals surface area contributed by atoms with E-state index in [0.717, 1.165) is 44.4 Å². The van der Waals surface area contributed by atoms with Gasteiger partial charge in [-0.2, -0.15) is 11.3 Å². The molecule has 347 valence electrons. The number of imidazole rings is 1. The molecule has 0 unspecified atom stereocenters. The Kier molecular flexibility index (Phi) is 13.8. The molecule has 6 heteroatoms. The smallest absolute Gasteiger partial charge is 0.0798 e. The number of fused-ring (bicyclic) bond motifs is 4. The van der Waals surface area contributed by atoms with Crippen molar-refractivity contribution in [1.82, 2.24) is 14.5 Å². The van der Waals surface area contributed by atoms with E-state index in [1.165, 1.54) is 59.2 Å². The van der Waals surface area contributed by atoms with Crippen LogP contribution in [0.15, 0.2) is 128 Å². The van der Waals surface area contributed by atoms with Gasteiger partial charge in [-0.05, 0) is 115 Å². The zero-order chi connectivity index (χ0) is 49.1. The van der Waals surface area contributed by atoms with E-state index in [4.69, 9.17) is 12.7 Å². The Bertz CT molecular complexity index is 3260. The molecule has 0 aliphatic rings. The Hall–Kier alpha value is -4.97. The second kappa shape index (κ2) is 19.6. The molecule has 3 heterocycles. The average Bonchev–Trinajstić information content (AvgIpc) is 3.86. The van der Waals surface area contributed by atoms with E-state index >= 15 is 0 Å². The average molecular weight is 1100 g/mol. The third-order valence-corrected chi connectivity index (χ3v) is 15.5. The van der Waals surface area contributed by atoms with Crippen molar-refractivity contribution in [3.8, 4) is 39.5 Å². The Morgan fingerprint density at radius 1 is 0.731 bits per heavy atom. The van der Waals surface area contributed by atoms with E-state index in [2.05, 4.69) is 201 Å². The Morgan fingerprint density at radius 2 is 1.39 bits per heavy atom. The largest absolute Gasteiger partial charge is 0.333 e. The normalized spacial score (nSPS) is 12.9. The van der Waals surface area contributed by atoms with Gasteiger partial charge in [-0.1, -0.05) is 166 Å². The molecule has 0 aliphatic heterocycles. The number of rotatable bonds is 8. The summed E-state index contributed by atoms with van der Waals surface area (Å²) in [5.74, 6) is 1.61. The predicted molar refractivity (Wildman–Crippen MR) is 290 cm³/mol. The maximum absolute atomic E-state index is 8.89. The molecule has 9 aromatic rings. The third kappa shape index (κ3) is 10.7. The molecule has 0 spiro atoms. The number of benzene rings is 6. The number of hydrogen-bond acceptors (Lipinski definition) is 3. The second-order valence-electron chi connectivity index (χ2n) is 21.6. The minimum Gasteiger partial charge on any atom is -0.333 e. The number of pyridine rings is 1. The van der Waals surface area contributed by atoms with Crippen LogP contribution in [0.2, 0.25) is 19.6 Å². The van der Waals surface area contributed by atoms with Crippen LogP contribution in [-0.2, 0) is 31.9 Å². The molecular formula is C61H67IrN3SSi-2. The molecule has 0 atom stereocenters. The first-order chi connectivity index (χ1) is 32.0. The summed E-state index contributed by atoms with van der Waals surface area (Å²) < 4.78 is 22.8. The monoisotopic (exact) mass is 1100 g/mol. The zero-order valence-corrected chi connectivity index (χ0v) is 46.1. The van der Waals surface area contributed by atoms with Gasteiger partial charge >= 0.3 is 0 Å². The molecule has 0 saturated heterocycles. The zero-order valence-electron chi connectivity index (χ0n) is 43.9. The molecule has 67 heavy (non-hydrogen) atoms. The minimum atomic E-state index is -1.74. The van der Waals surface area contributed by atoms with Crippen molar-refractivity contribution in [2.75, 3.05) is 0 Å². The summed E-state index contributed by atoms with van der Waals surface area (Å²) in [6, 6.07) is 50.2. The Labute approximate surface area is 422 Å². The van der Waals surface area contributed by atoms with E-state index in [0.29, 0.717) is 11.8 Å². The van der Waals surface area contributed by atoms with Gasteiger partial charge in [0, 0.05) is 39.4 Å². The van der Waals surface area contributed by atoms with Crippen molar-refractivity contribution in [3.05, 3.63) is 167 Å². The minimum absolute atomic E-state index is 0. The fourth-order valence-electron chi connectivity index (χ4n) is 8.84. The van der Waals surface area contributed by atoms with Crippen LogP contribution in [0.1, 0.15) is 112 Å². The fraction of sp³-hybridized carbons (Fsp3) is 0.311. The molecule has 1 radical (unpaired) electrons. The van der Waals surface area contributed by atoms with Crippen molar-refractivity contribution in [2.24, 2.45) is 5.41 Å². The summed E-state index contributed by atoms with van der Waals surface area (Å²) in [6.45, 7) is 30.6. The molecule has 0 aliphatic carbocycles. The fourth-order valence-corrected chi connectivity index (χ4v) is 11.5. The summed E-state index contributed by atoms with van der Waals surface area (Å²) in [5, 5.41) is 3.66. The van der Waals surface area contributed by atoms with E-state index < -0.39 is 19.9 Å². The topological polar surface area (TPSA) is 30.7 Å². The molecule has 3 nitrogen and oxygen atoms in total. The number of para-hydroxylation sites is 2. The quantitative estimate of drug-likeness (QED) is 0.112. The standard InChI is InChI=1S/C38H33N2S.C23H34NSi.Ir/c1-23(2)31-21-27(26-12-7-6-8-13-26)22-32(24(3)4)36(31)40-34-17-10-9-16-33(34)39-38(40)30-15-11-14-29-28-19-18-25(5)20-35(28)41-37(29)30;1-22(2,3)15-18-14-20(24-16-21(18)25(7,8)9)17-11-10-12-19(13-17)23(4,5)6;/h6-14,16-24H,1-5H3;10,12-14,16H,15H2,1-9H3;/q2*-1;/i;15D2;. The molecule has 0 amide bonds. The van der Waals surface area contributed by atoms with Crippen LogP contribution in [0.4, 0.5) is 0 Å². The van der Waals surface area contributed by atoms with Crippen LogP contribution in [0.3, 0.4) is 0 Å². The molecule has 0 bridgehead atoms. The molecular weight excluding hydrogens is 1030 g/mol. The first-order valence-electron chi connectivity index (χ1n) is 24.5. The van der Waals surface area contributed by atoms with Gasteiger partial charge < -0.3 is 9.55 Å². The van der Waals surface area contributed by atoms with Crippen LogP contribution >= 0.6 is 11.3 Å². The molecule has 9 rings (SSSR count). The van der Waals surface area contributed by atoms with Crippen LogP contribution in [0, 0.1) is 24.5 Å². The Morgan fingerprint density at radius 3 is 2.03 bits per heavy atom. The third-order valence-electron chi connectivity index (χ3n) is 12.3. The molecule has 3 aromatic heterocycles. The number of aromatic nitrogens is 3. The first kappa shape index (κ1) is 47.1. The van der Waals surface area contributed by atoms with E-state index in [1.54, 1.807) is 0 Å². The number of aryl methyl sites for hydroxylation is 1. The van der Waals surface area contributed by atoms with Gasteiger partial charge in [0.25, 0.3) is 0 Å². The van der Waals surface area contributed by atoms with Crippen molar-refractivity contribution in [2.45, 2.75) is 119 Å². The SMILES string of the molecule is Cc1ccc2c(c1)sc1c(-c3nc4ccccc4n3-c3c(C(C)C)cc(-c4ccccc4)cc3C(C)C)[c-]ccc12.[2H]C([2H])(c1cc(-c2[c-]ccc(C(C)(C)C)c2)ncc1[Si](C)(C)C)C(C)(C)C.[Ir]. The molecule has 0 fully saturated rings. The second-order valence-corrected chi connectivity index (χ2v) is 27.7. The summed E-state index contributed by atoms with van der Waals surface area (Å²) in [5.41, 5.74) is 14.2. The maximum Gasteiger partial charge on any atom is 0.0798 e. The molecule has 0 saturated carbocycles. The Balaban J connectivity index is 0.000000220. The van der Waals surface area contributed by atoms with Crippen LogP contribution < -0.4 is 5.19 Å². The van der Waals surface area contributed by atoms with Gasteiger partial charge in [-0.25, -0.2) is 0 Å². The molecule has 6 aromatic carbocycles.